The lowest BCUT2D eigenvalue weighted by molar-refractivity contribution is 0.0697. The maximum absolute atomic E-state index is 14.9. The van der Waals surface area contributed by atoms with Crippen LogP contribution >= 0.6 is 0 Å². The van der Waals surface area contributed by atoms with Crippen molar-refractivity contribution in [3.8, 4) is 11.1 Å². The second kappa shape index (κ2) is 9.11. The van der Waals surface area contributed by atoms with Crippen LogP contribution in [0.25, 0.3) is 11.1 Å². The standard InChI is InChI=1S/C24H27FN2O3/c1-4-5-10-21-22(25)27(16(2)3)24(30)26(21)15-17-11-13-18(14-12-17)19-8-6-7-9-20(19)23(28)29/h6-9,11-14,16H,4-5,10,15H2,1-3H3,(H,28,29). The normalized spacial score (nSPS) is 11.2. The molecular formula is C24H27FN2O3. The molecule has 2 aromatic carbocycles. The van der Waals surface area contributed by atoms with Crippen molar-refractivity contribution in [3.05, 3.63) is 81.8 Å². The number of hydrogen-bond donors (Lipinski definition) is 1. The lowest BCUT2D eigenvalue weighted by Gasteiger charge is -2.10. The first kappa shape index (κ1) is 21.6. The van der Waals surface area contributed by atoms with E-state index in [2.05, 4.69) is 0 Å². The molecule has 0 unspecified atom stereocenters. The van der Waals surface area contributed by atoms with E-state index in [1.807, 2.05) is 31.2 Å². The Bertz CT molecular complexity index is 1090. The van der Waals surface area contributed by atoms with Crippen molar-refractivity contribution in [1.82, 2.24) is 9.13 Å². The maximum atomic E-state index is 14.9. The number of carboxylic acid groups (broad SMARTS) is 1. The Morgan fingerprint density at radius 2 is 1.77 bits per heavy atom. The van der Waals surface area contributed by atoms with Gasteiger partial charge in [0.05, 0.1) is 17.8 Å². The number of aromatic carboxylic acids is 1. The number of aromatic nitrogens is 2. The fourth-order valence-electron chi connectivity index (χ4n) is 3.67. The van der Waals surface area contributed by atoms with Gasteiger partial charge in [-0.15, -0.1) is 0 Å². The van der Waals surface area contributed by atoms with Crippen LogP contribution in [0.15, 0.2) is 53.3 Å². The molecule has 1 aromatic heterocycles. The minimum atomic E-state index is -0.979. The summed E-state index contributed by atoms with van der Waals surface area (Å²) in [6.07, 6.45) is 2.24. The number of halogens is 1. The Hall–Kier alpha value is -3.15. The van der Waals surface area contributed by atoms with Gasteiger partial charge in [-0.3, -0.25) is 9.13 Å². The van der Waals surface area contributed by atoms with E-state index in [-0.39, 0.29) is 23.8 Å². The Morgan fingerprint density at radius 1 is 1.10 bits per heavy atom. The molecule has 0 fully saturated rings. The number of imidazole rings is 1. The molecule has 0 radical (unpaired) electrons. The molecule has 0 aliphatic heterocycles. The second-order valence-corrected chi connectivity index (χ2v) is 7.72. The molecule has 0 amide bonds. The monoisotopic (exact) mass is 410 g/mol. The molecule has 3 rings (SSSR count). The van der Waals surface area contributed by atoms with E-state index < -0.39 is 11.9 Å². The van der Waals surface area contributed by atoms with Crippen LogP contribution in [-0.4, -0.2) is 20.2 Å². The molecule has 5 nitrogen and oxygen atoms in total. The van der Waals surface area contributed by atoms with E-state index in [9.17, 15) is 19.1 Å². The lowest BCUT2D eigenvalue weighted by atomic mass is 9.99. The summed E-state index contributed by atoms with van der Waals surface area (Å²) in [5.41, 5.74) is 2.60. The van der Waals surface area contributed by atoms with Gasteiger partial charge in [-0.25, -0.2) is 9.59 Å². The van der Waals surface area contributed by atoms with Gasteiger partial charge in [0, 0.05) is 6.04 Å². The number of rotatable bonds is 8. The minimum absolute atomic E-state index is 0.236. The first-order chi connectivity index (χ1) is 14.3. The van der Waals surface area contributed by atoms with Crippen molar-refractivity contribution in [2.75, 3.05) is 0 Å². The van der Waals surface area contributed by atoms with Crippen molar-refractivity contribution in [3.63, 3.8) is 0 Å². The Kier molecular flexibility index (Phi) is 6.55. The van der Waals surface area contributed by atoms with E-state index >= 15 is 0 Å². The number of carboxylic acids is 1. The SMILES string of the molecule is CCCCc1c(F)n(C(C)C)c(=O)n1Cc1ccc(-c2ccccc2C(=O)O)cc1. The van der Waals surface area contributed by atoms with Crippen LogP contribution in [-0.2, 0) is 13.0 Å². The summed E-state index contributed by atoms with van der Waals surface area (Å²) < 4.78 is 17.7. The van der Waals surface area contributed by atoms with Crippen molar-refractivity contribution < 1.29 is 14.3 Å². The zero-order valence-corrected chi connectivity index (χ0v) is 17.6. The predicted octanol–water partition coefficient (Wildman–Crippen LogP) is 5.13. The third-order valence-electron chi connectivity index (χ3n) is 5.26. The second-order valence-electron chi connectivity index (χ2n) is 7.72. The van der Waals surface area contributed by atoms with Crippen LogP contribution in [0.3, 0.4) is 0 Å². The van der Waals surface area contributed by atoms with E-state index in [0.717, 1.165) is 24.0 Å². The average molecular weight is 410 g/mol. The summed E-state index contributed by atoms with van der Waals surface area (Å²) in [5.74, 6) is -1.43. The zero-order chi connectivity index (χ0) is 21.8. The van der Waals surface area contributed by atoms with Crippen molar-refractivity contribution in [2.45, 2.75) is 52.6 Å². The highest BCUT2D eigenvalue weighted by Gasteiger charge is 2.21. The number of benzene rings is 2. The molecule has 0 saturated carbocycles. The van der Waals surface area contributed by atoms with E-state index in [0.29, 0.717) is 17.7 Å². The van der Waals surface area contributed by atoms with Gasteiger partial charge in [0.15, 0.2) is 0 Å². The molecule has 6 heteroatoms. The number of nitrogens with zero attached hydrogens (tertiary/aromatic N) is 2. The highest BCUT2D eigenvalue weighted by Crippen LogP contribution is 2.24. The molecule has 1 N–H and O–H groups in total. The van der Waals surface area contributed by atoms with Crippen LogP contribution < -0.4 is 5.69 Å². The molecule has 158 valence electrons. The first-order valence-corrected chi connectivity index (χ1v) is 10.3. The zero-order valence-electron chi connectivity index (χ0n) is 17.6. The molecule has 30 heavy (non-hydrogen) atoms. The topological polar surface area (TPSA) is 64.2 Å². The van der Waals surface area contributed by atoms with Crippen molar-refractivity contribution in [2.24, 2.45) is 0 Å². The third-order valence-corrected chi connectivity index (χ3v) is 5.26. The van der Waals surface area contributed by atoms with Gasteiger partial charge in [-0.1, -0.05) is 55.8 Å². The number of hydrogen-bond acceptors (Lipinski definition) is 2. The quantitative estimate of drug-likeness (QED) is 0.560. The van der Waals surface area contributed by atoms with Crippen LogP contribution in [0.1, 0.15) is 61.3 Å². The molecule has 0 aliphatic carbocycles. The highest BCUT2D eigenvalue weighted by atomic mass is 19.1. The van der Waals surface area contributed by atoms with E-state index in [4.69, 9.17) is 0 Å². The third kappa shape index (κ3) is 4.22. The van der Waals surface area contributed by atoms with Crippen LogP contribution in [0.4, 0.5) is 4.39 Å². The molecule has 0 aliphatic rings. The summed E-state index contributed by atoms with van der Waals surface area (Å²) in [7, 11) is 0. The molecule has 0 saturated heterocycles. The molecule has 0 spiro atoms. The summed E-state index contributed by atoms with van der Waals surface area (Å²) >= 11 is 0. The predicted molar refractivity (Wildman–Crippen MR) is 116 cm³/mol. The fourth-order valence-corrected chi connectivity index (χ4v) is 3.67. The number of carbonyl (C=O) groups is 1. The summed E-state index contributed by atoms with van der Waals surface area (Å²) in [6.45, 7) is 5.91. The van der Waals surface area contributed by atoms with Crippen LogP contribution in [0.5, 0.6) is 0 Å². The van der Waals surface area contributed by atoms with Gasteiger partial charge >= 0.3 is 11.7 Å². The maximum Gasteiger partial charge on any atom is 0.336 e. The largest absolute Gasteiger partial charge is 0.478 e. The highest BCUT2D eigenvalue weighted by molar-refractivity contribution is 5.95. The molecule has 0 atom stereocenters. The van der Waals surface area contributed by atoms with Gasteiger partial charge in [0.2, 0.25) is 5.95 Å². The van der Waals surface area contributed by atoms with Gasteiger partial charge in [-0.2, -0.15) is 4.39 Å². The number of unbranched alkanes of at least 4 members (excludes halogenated alkanes) is 1. The van der Waals surface area contributed by atoms with Gasteiger partial charge in [-0.05, 0) is 49.4 Å². The molecular weight excluding hydrogens is 383 g/mol. The lowest BCUT2D eigenvalue weighted by Crippen LogP contribution is -2.27. The molecule has 1 heterocycles. The van der Waals surface area contributed by atoms with Crippen molar-refractivity contribution >= 4 is 5.97 Å². The van der Waals surface area contributed by atoms with Gasteiger partial charge in [0.25, 0.3) is 0 Å². The van der Waals surface area contributed by atoms with Gasteiger partial charge < -0.3 is 5.11 Å². The Morgan fingerprint density at radius 3 is 2.37 bits per heavy atom. The molecule has 3 aromatic rings. The summed E-state index contributed by atoms with van der Waals surface area (Å²) in [6, 6.07) is 14.0. The van der Waals surface area contributed by atoms with Crippen molar-refractivity contribution in [1.29, 1.82) is 0 Å². The first-order valence-electron chi connectivity index (χ1n) is 10.3. The summed E-state index contributed by atoms with van der Waals surface area (Å²) in [5, 5.41) is 9.41. The van der Waals surface area contributed by atoms with E-state index in [1.165, 1.54) is 9.13 Å². The van der Waals surface area contributed by atoms with E-state index in [1.54, 1.807) is 38.1 Å². The Balaban J connectivity index is 1.95. The molecule has 0 bridgehead atoms. The van der Waals surface area contributed by atoms with Crippen LogP contribution in [0.2, 0.25) is 0 Å². The minimum Gasteiger partial charge on any atom is -0.478 e. The van der Waals surface area contributed by atoms with Crippen LogP contribution in [0, 0.1) is 5.95 Å². The smallest absolute Gasteiger partial charge is 0.336 e. The average Bonchev–Trinajstić information content (AvgIpc) is 2.96. The van der Waals surface area contributed by atoms with Gasteiger partial charge in [0.1, 0.15) is 0 Å². The fraction of sp³-hybridized carbons (Fsp3) is 0.333. The summed E-state index contributed by atoms with van der Waals surface area (Å²) in [4.78, 5) is 24.3. The Labute approximate surface area is 175 Å².